The molecule has 2 aliphatic rings. The molecule has 13 heteroatoms. The molecule has 0 atom stereocenters. The van der Waals surface area contributed by atoms with Crippen LogP contribution in [0.3, 0.4) is 0 Å². The molecule has 2 aliphatic heterocycles. The lowest BCUT2D eigenvalue weighted by Crippen LogP contribution is -2.58. The van der Waals surface area contributed by atoms with Crippen LogP contribution in [-0.4, -0.2) is 77.7 Å². The summed E-state index contributed by atoms with van der Waals surface area (Å²) < 4.78 is 85.1. The molecule has 3 rings (SSSR count). The van der Waals surface area contributed by atoms with Crippen molar-refractivity contribution in [2.75, 3.05) is 32.8 Å². The molecular weight excluding hydrogens is 428 g/mol. The molecule has 0 aromatic carbocycles. The first-order valence-corrected chi connectivity index (χ1v) is 9.70. The SMILES string of the molecule is O=C(OC(C(F)(F)F)C(F)(F)F)N1CCC2(CC1)CN(Cc1nccs1)CCO2. The number of halogens is 6. The molecule has 1 spiro atoms. The summed E-state index contributed by atoms with van der Waals surface area (Å²) in [5, 5.41) is 2.80. The van der Waals surface area contributed by atoms with Gasteiger partial charge < -0.3 is 14.4 Å². The molecule has 2 fully saturated rings. The maximum absolute atomic E-state index is 12.6. The maximum Gasteiger partial charge on any atom is 0.434 e. The maximum atomic E-state index is 12.6. The minimum atomic E-state index is -5.73. The van der Waals surface area contributed by atoms with E-state index in [9.17, 15) is 31.1 Å². The van der Waals surface area contributed by atoms with Crippen molar-refractivity contribution in [3.8, 4) is 0 Å². The van der Waals surface area contributed by atoms with Gasteiger partial charge in [0.2, 0.25) is 0 Å². The van der Waals surface area contributed by atoms with E-state index >= 15 is 0 Å². The van der Waals surface area contributed by atoms with Crippen LogP contribution in [0.2, 0.25) is 0 Å². The Morgan fingerprint density at radius 1 is 1.21 bits per heavy atom. The summed E-state index contributed by atoms with van der Waals surface area (Å²) in [7, 11) is 0. The number of ether oxygens (including phenoxy) is 2. The van der Waals surface area contributed by atoms with Crippen molar-refractivity contribution in [1.82, 2.24) is 14.8 Å². The van der Waals surface area contributed by atoms with Crippen molar-refractivity contribution >= 4 is 17.4 Å². The number of morpholine rings is 1. The normalized spacial score (nSPS) is 21.0. The summed E-state index contributed by atoms with van der Waals surface area (Å²) in [6, 6.07) is 0. The summed E-state index contributed by atoms with van der Waals surface area (Å²) in [5.74, 6) is 0. The Bertz CT molecular complexity index is 675. The number of rotatable bonds is 3. The van der Waals surface area contributed by atoms with Crippen molar-refractivity contribution in [2.45, 2.75) is 43.4 Å². The molecule has 1 amide bonds. The third-order valence-corrected chi connectivity index (χ3v) is 5.68. The molecule has 164 valence electrons. The highest BCUT2D eigenvalue weighted by atomic mass is 32.1. The summed E-state index contributed by atoms with van der Waals surface area (Å²) in [4.78, 5) is 19.1. The van der Waals surface area contributed by atoms with E-state index in [-0.39, 0.29) is 13.1 Å². The Balaban J connectivity index is 1.56. The van der Waals surface area contributed by atoms with Gasteiger partial charge in [0.15, 0.2) is 0 Å². The first kappa shape index (κ1) is 22.1. The second-order valence-corrected chi connectivity index (χ2v) is 7.98. The lowest BCUT2D eigenvalue weighted by Gasteiger charge is -2.47. The predicted octanol–water partition coefficient (Wildman–Crippen LogP) is 3.44. The molecule has 1 aromatic heterocycles. The third kappa shape index (κ3) is 5.51. The molecule has 0 saturated carbocycles. The van der Waals surface area contributed by atoms with Crippen LogP contribution in [0.25, 0.3) is 0 Å². The van der Waals surface area contributed by atoms with Crippen LogP contribution in [-0.2, 0) is 16.0 Å². The van der Waals surface area contributed by atoms with Crippen molar-refractivity contribution in [3.05, 3.63) is 16.6 Å². The van der Waals surface area contributed by atoms with Crippen LogP contribution in [0.15, 0.2) is 11.6 Å². The van der Waals surface area contributed by atoms with Crippen LogP contribution in [0.1, 0.15) is 17.8 Å². The Morgan fingerprint density at radius 3 is 2.41 bits per heavy atom. The zero-order valence-electron chi connectivity index (χ0n) is 15.1. The van der Waals surface area contributed by atoms with Crippen LogP contribution in [0.5, 0.6) is 0 Å². The van der Waals surface area contributed by atoms with Gasteiger partial charge in [-0.05, 0) is 12.8 Å². The van der Waals surface area contributed by atoms with Crippen molar-refractivity contribution in [3.63, 3.8) is 0 Å². The fourth-order valence-electron chi connectivity index (χ4n) is 3.47. The lowest BCUT2D eigenvalue weighted by atomic mass is 9.89. The molecule has 0 aliphatic carbocycles. The third-order valence-electron chi connectivity index (χ3n) is 4.92. The number of likely N-dealkylation sites (tertiary alicyclic amines) is 1. The monoisotopic (exact) mass is 447 g/mol. The van der Waals surface area contributed by atoms with Gasteiger partial charge in [-0.25, -0.2) is 9.78 Å². The fourth-order valence-corrected chi connectivity index (χ4v) is 4.13. The number of piperidine rings is 1. The Hall–Kier alpha value is -1.60. The van der Waals surface area contributed by atoms with Gasteiger partial charge in [0.05, 0.1) is 18.8 Å². The van der Waals surface area contributed by atoms with Crippen molar-refractivity contribution in [1.29, 1.82) is 0 Å². The highest BCUT2D eigenvalue weighted by Gasteiger charge is 2.60. The Morgan fingerprint density at radius 2 is 1.86 bits per heavy atom. The number of thiazole rings is 1. The van der Waals surface area contributed by atoms with E-state index in [1.165, 1.54) is 11.3 Å². The molecule has 1 aromatic rings. The van der Waals surface area contributed by atoms with Gasteiger partial charge in [0.25, 0.3) is 6.10 Å². The van der Waals surface area contributed by atoms with Gasteiger partial charge in [-0.15, -0.1) is 11.3 Å². The number of carbonyl (C=O) groups is 1. The standard InChI is InChI=1S/C16H19F6N3O3S/c17-15(18,19)12(16(20,21)22)28-13(26)25-4-1-14(2-5-25)10-24(6-7-27-14)9-11-23-3-8-29-11/h3,8,12H,1-2,4-7,9-10H2. The summed E-state index contributed by atoms with van der Waals surface area (Å²) in [6.07, 6.45) is -14.9. The van der Waals surface area contributed by atoms with Crippen LogP contribution in [0, 0.1) is 0 Å². The number of hydrogen-bond donors (Lipinski definition) is 0. The number of amides is 1. The van der Waals surface area contributed by atoms with Crippen LogP contribution in [0.4, 0.5) is 31.1 Å². The second kappa shape index (κ2) is 8.26. The first-order valence-electron chi connectivity index (χ1n) is 8.82. The lowest BCUT2D eigenvalue weighted by molar-refractivity contribution is -0.308. The zero-order chi connectivity index (χ0) is 21.3. The van der Waals surface area contributed by atoms with Gasteiger partial charge in [0.1, 0.15) is 5.01 Å². The molecule has 0 bridgehead atoms. The zero-order valence-corrected chi connectivity index (χ0v) is 15.9. The summed E-state index contributed by atoms with van der Waals surface area (Å²) in [6.45, 7) is 2.21. The first-order chi connectivity index (χ1) is 13.5. The van der Waals surface area contributed by atoms with Gasteiger partial charge in [-0.2, -0.15) is 26.3 Å². The summed E-state index contributed by atoms with van der Waals surface area (Å²) >= 11 is 1.52. The number of aromatic nitrogens is 1. The van der Waals surface area contributed by atoms with Gasteiger partial charge in [-0.3, -0.25) is 4.90 Å². The largest absolute Gasteiger partial charge is 0.434 e. The highest BCUT2D eigenvalue weighted by Crippen LogP contribution is 2.37. The van der Waals surface area contributed by atoms with E-state index in [4.69, 9.17) is 4.74 Å². The predicted molar refractivity (Wildman–Crippen MR) is 89.3 cm³/mol. The number of carbonyl (C=O) groups excluding carboxylic acids is 1. The number of alkyl halides is 6. The van der Waals surface area contributed by atoms with Gasteiger partial charge in [0, 0.05) is 37.8 Å². The van der Waals surface area contributed by atoms with E-state index in [0.717, 1.165) is 9.91 Å². The molecule has 3 heterocycles. The number of hydrogen-bond acceptors (Lipinski definition) is 6. The second-order valence-electron chi connectivity index (χ2n) is 7.00. The van der Waals surface area contributed by atoms with Crippen molar-refractivity contribution in [2.24, 2.45) is 0 Å². The van der Waals surface area contributed by atoms with E-state index in [1.54, 1.807) is 6.20 Å². The topological polar surface area (TPSA) is 54.9 Å². The van der Waals surface area contributed by atoms with Crippen LogP contribution < -0.4 is 0 Å². The Labute approximate surface area is 166 Å². The minimum absolute atomic E-state index is 0.0492. The minimum Gasteiger partial charge on any atom is -0.426 e. The van der Waals surface area contributed by atoms with E-state index in [0.29, 0.717) is 39.1 Å². The van der Waals surface area contributed by atoms with Crippen molar-refractivity contribution < 1.29 is 40.6 Å². The molecule has 29 heavy (non-hydrogen) atoms. The van der Waals surface area contributed by atoms with Crippen LogP contribution >= 0.6 is 11.3 Å². The smallest absolute Gasteiger partial charge is 0.426 e. The van der Waals surface area contributed by atoms with Gasteiger partial charge in [-0.1, -0.05) is 0 Å². The fraction of sp³-hybridized carbons (Fsp3) is 0.750. The highest BCUT2D eigenvalue weighted by molar-refractivity contribution is 7.09. The molecule has 2 saturated heterocycles. The molecule has 0 radical (unpaired) electrons. The Kier molecular flexibility index (Phi) is 6.30. The summed E-state index contributed by atoms with van der Waals surface area (Å²) in [5.41, 5.74) is -0.597. The average molecular weight is 447 g/mol. The quantitative estimate of drug-likeness (QED) is 0.665. The average Bonchev–Trinajstić information content (AvgIpc) is 3.11. The van der Waals surface area contributed by atoms with Gasteiger partial charge >= 0.3 is 18.4 Å². The number of nitrogens with zero attached hydrogens (tertiary/aromatic N) is 3. The van der Waals surface area contributed by atoms with E-state index in [1.807, 2.05) is 5.38 Å². The molecule has 0 N–H and O–H groups in total. The van der Waals surface area contributed by atoms with E-state index in [2.05, 4.69) is 14.6 Å². The molecule has 0 unspecified atom stereocenters. The molecular formula is C16H19F6N3O3S. The van der Waals surface area contributed by atoms with E-state index < -0.39 is 30.2 Å². The molecule has 6 nitrogen and oxygen atoms in total.